The van der Waals surface area contributed by atoms with Gasteiger partial charge in [-0.05, 0) is 41.9 Å². The van der Waals surface area contributed by atoms with Gasteiger partial charge in [0, 0.05) is 13.0 Å². The van der Waals surface area contributed by atoms with Gasteiger partial charge < -0.3 is 5.32 Å². The van der Waals surface area contributed by atoms with Crippen molar-refractivity contribution in [3.8, 4) is 0 Å². The highest BCUT2D eigenvalue weighted by molar-refractivity contribution is 14.1. The lowest BCUT2D eigenvalue weighted by Gasteiger charge is -2.07. The van der Waals surface area contributed by atoms with Gasteiger partial charge in [0.2, 0.25) is 0 Å². The average molecular weight is 303 g/mol. The number of nitrogens with zero attached hydrogens (tertiary/aromatic N) is 2. The Morgan fingerprint density at radius 3 is 2.57 bits per heavy atom. The summed E-state index contributed by atoms with van der Waals surface area (Å²) in [6.07, 6.45) is 1.24. The Morgan fingerprint density at radius 2 is 2.07 bits per heavy atom. The Hall–Kier alpha value is -0.390. The molecule has 1 saturated carbocycles. The average Bonchev–Trinajstić information content (AvgIpc) is 2.87. The van der Waals surface area contributed by atoms with E-state index in [-0.39, 0.29) is 0 Å². The topological polar surface area (TPSA) is 37.8 Å². The monoisotopic (exact) mass is 303 g/mol. The molecule has 1 fully saturated rings. The van der Waals surface area contributed by atoms with E-state index in [9.17, 15) is 0 Å². The summed E-state index contributed by atoms with van der Waals surface area (Å²) in [5.74, 6) is 3.34. The van der Waals surface area contributed by atoms with Crippen LogP contribution in [0.2, 0.25) is 0 Å². The molecule has 1 N–H and O–H groups in total. The van der Waals surface area contributed by atoms with Crippen molar-refractivity contribution in [2.24, 2.45) is 5.92 Å². The van der Waals surface area contributed by atoms with Crippen LogP contribution < -0.4 is 5.32 Å². The maximum atomic E-state index is 4.54. The van der Waals surface area contributed by atoms with Crippen LogP contribution in [0.3, 0.4) is 0 Å². The fourth-order valence-corrected chi connectivity index (χ4v) is 2.11. The number of rotatable bonds is 2. The molecule has 2 atom stereocenters. The molecule has 1 aromatic heterocycles. The first-order valence-electron chi connectivity index (χ1n) is 4.85. The maximum Gasteiger partial charge on any atom is 0.143 e. The molecule has 1 heterocycles. The van der Waals surface area contributed by atoms with Gasteiger partial charge in [0.1, 0.15) is 11.6 Å². The van der Waals surface area contributed by atoms with Crippen LogP contribution in [0.4, 0.5) is 5.82 Å². The third kappa shape index (κ3) is 1.71. The van der Waals surface area contributed by atoms with Crippen LogP contribution in [0.5, 0.6) is 0 Å². The first-order valence-corrected chi connectivity index (χ1v) is 5.93. The van der Waals surface area contributed by atoms with Gasteiger partial charge in [-0.3, -0.25) is 0 Å². The van der Waals surface area contributed by atoms with Gasteiger partial charge in [-0.25, -0.2) is 9.97 Å². The summed E-state index contributed by atoms with van der Waals surface area (Å²) < 4.78 is 1.13. The Morgan fingerprint density at radius 1 is 1.43 bits per heavy atom. The lowest BCUT2D eigenvalue weighted by molar-refractivity contribution is 0.831. The fourth-order valence-electron chi connectivity index (χ4n) is 1.59. The smallest absolute Gasteiger partial charge is 0.143 e. The molecule has 0 aromatic carbocycles. The molecular formula is C10H14IN3. The molecule has 0 amide bonds. The number of aryl methyl sites for hydroxylation is 1. The minimum atomic E-state index is 0.595. The fraction of sp³-hybridized carbons (Fsp3) is 0.600. The number of halogens is 1. The van der Waals surface area contributed by atoms with E-state index in [0.717, 1.165) is 26.8 Å². The molecule has 0 saturated heterocycles. The van der Waals surface area contributed by atoms with Gasteiger partial charge >= 0.3 is 0 Å². The van der Waals surface area contributed by atoms with E-state index < -0.39 is 0 Å². The number of hydrogen-bond donors (Lipinski definition) is 1. The van der Waals surface area contributed by atoms with Crippen LogP contribution in [-0.2, 0) is 0 Å². The summed E-state index contributed by atoms with van der Waals surface area (Å²) in [6.45, 7) is 4.29. The van der Waals surface area contributed by atoms with Crippen molar-refractivity contribution in [1.82, 2.24) is 9.97 Å². The van der Waals surface area contributed by atoms with Crippen LogP contribution in [-0.4, -0.2) is 17.0 Å². The predicted octanol–water partition coefficient (Wildman–Crippen LogP) is 2.55. The number of aromatic nitrogens is 2. The molecule has 14 heavy (non-hydrogen) atoms. The second kappa shape index (κ2) is 3.64. The van der Waals surface area contributed by atoms with Gasteiger partial charge in [0.25, 0.3) is 0 Å². The van der Waals surface area contributed by atoms with Crippen molar-refractivity contribution in [2.45, 2.75) is 26.2 Å². The Kier molecular flexibility index (Phi) is 2.64. The lowest BCUT2D eigenvalue weighted by atomic mass is 10.3. The minimum absolute atomic E-state index is 0.595. The number of anilines is 1. The predicted molar refractivity (Wildman–Crippen MR) is 65.6 cm³/mol. The van der Waals surface area contributed by atoms with Gasteiger partial charge in [0.05, 0.1) is 9.26 Å². The van der Waals surface area contributed by atoms with Gasteiger partial charge in [-0.2, -0.15) is 0 Å². The molecule has 0 aliphatic heterocycles. The quantitative estimate of drug-likeness (QED) is 0.853. The molecule has 0 spiro atoms. The molecule has 4 heteroatoms. The molecular weight excluding hydrogens is 289 g/mol. The van der Waals surface area contributed by atoms with Crippen molar-refractivity contribution in [3.63, 3.8) is 0 Å². The van der Waals surface area contributed by atoms with Gasteiger partial charge in [-0.15, -0.1) is 0 Å². The van der Waals surface area contributed by atoms with Gasteiger partial charge in [-0.1, -0.05) is 6.92 Å². The summed E-state index contributed by atoms with van der Waals surface area (Å²) in [6, 6.07) is 0. The molecule has 1 aliphatic rings. The molecule has 2 unspecified atom stereocenters. The van der Waals surface area contributed by atoms with Crippen molar-refractivity contribution >= 4 is 28.4 Å². The Balaban J connectivity index is 2.38. The molecule has 76 valence electrons. The maximum absolute atomic E-state index is 4.54. The molecule has 0 bridgehead atoms. The SMILES string of the molecule is CNc1nc(C2CC2C)nc(C)c1I. The van der Waals surface area contributed by atoms with Crippen molar-refractivity contribution in [3.05, 3.63) is 15.1 Å². The summed E-state index contributed by atoms with van der Waals surface area (Å²) in [5, 5.41) is 3.12. The second-order valence-electron chi connectivity index (χ2n) is 3.90. The highest BCUT2D eigenvalue weighted by Gasteiger charge is 2.37. The number of nitrogens with one attached hydrogen (secondary N) is 1. The summed E-state index contributed by atoms with van der Waals surface area (Å²) >= 11 is 2.28. The van der Waals surface area contributed by atoms with Crippen molar-refractivity contribution < 1.29 is 0 Å². The molecule has 3 nitrogen and oxygen atoms in total. The zero-order chi connectivity index (χ0) is 10.3. The van der Waals surface area contributed by atoms with Crippen LogP contribution >= 0.6 is 22.6 Å². The van der Waals surface area contributed by atoms with Crippen LogP contribution in [0.1, 0.15) is 30.8 Å². The lowest BCUT2D eigenvalue weighted by Crippen LogP contribution is -2.04. The van der Waals surface area contributed by atoms with E-state index in [1.54, 1.807) is 0 Å². The largest absolute Gasteiger partial charge is 0.372 e. The zero-order valence-electron chi connectivity index (χ0n) is 8.63. The van der Waals surface area contributed by atoms with Crippen LogP contribution in [0.15, 0.2) is 0 Å². The van der Waals surface area contributed by atoms with Crippen molar-refractivity contribution in [1.29, 1.82) is 0 Å². The summed E-state index contributed by atoms with van der Waals surface area (Å²) in [5.41, 5.74) is 1.08. The molecule has 1 aromatic rings. The van der Waals surface area contributed by atoms with E-state index >= 15 is 0 Å². The van der Waals surface area contributed by atoms with E-state index in [0.29, 0.717) is 5.92 Å². The highest BCUT2D eigenvalue weighted by Crippen LogP contribution is 2.45. The summed E-state index contributed by atoms with van der Waals surface area (Å²) in [7, 11) is 1.91. The molecule has 1 aliphatic carbocycles. The van der Waals surface area contributed by atoms with E-state index in [4.69, 9.17) is 0 Å². The van der Waals surface area contributed by atoms with E-state index in [2.05, 4.69) is 44.8 Å². The van der Waals surface area contributed by atoms with Crippen LogP contribution in [0, 0.1) is 16.4 Å². The number of hydrogen-bond acceptors (Lipinski definition) is 3. The van der Waals surface area contributed by atoms with E-state index in [1.807, 2.05) is 14.0 Å². The normalized spacial score (nSPS) is 24.9. The molecule has 0 radical (unpaired) electrons. The summed E-state index contributed by atoms with van der Waals surface area (Å²) in [4.78, 5) is 9.07. The Labute approximate surface area is 97.9 Å². The third-order valence-corrected chi connectivity index (χ3v) is 4.00. The zero-order valence-corrected chi connectivity index (χ0v) is 10.8. The van der Waals surface area contributed by atoms with Crippen LogP contribution in [0.25, 0.3) is 0 Å². The second-order valence-corrected chi connectivity index (χ2v) is 4.98. The minimum Gasteiger partial charge on any atom is -0.372 e. The molecule has 2 rings (SSSR count). The first kappa shape index (κ1) is 10.1. The Bertz CT molecular complexity index is 365. The standard InChI is InChI=1S/C10H14IN3/c1-5-4-7(5)9-13-6(2)8(11)10(12-3)14-9/h5,7H,4H2,1-3H3,(H,12,13,14). The highest BCUT2D eigenvalue weighted by atomic mass is 127. The van der Waals surface area contributed by atoms with E-state index in [1.165, 1.54) is 6.42 Å². The van der Waals surface area contributed by atoms with Crippen molar-refractivity contribution in [2.75, 3.05) is 12.4 Å². The third-order valence-electron chi connectivity index (χ3n) is 2.71. The first-order chi connectivity index (χ1) is 6.63. The van der Waals surface area contributed by atoms with Gasteiger partial charge in [0.15, 0.2) is 0 Å².